The molecule has 1 aliphatic rings. The summed E-state index contributed by atoms with van der Waals surface area (Å²) in [6.45, 7) is 1.68. The normalized spacial score (nSPS) is 16.9. The van der Waals surface area contributed by atoms with Crippen LogP contribution in [0.3, 0.4) is 0 Å². The number of methoxy groups -OCH3 is 1. The monoisotopic (exact) mass is 346 g/mol. The van der Waals surface area contributed by atoms with E-state index in [1.807, 2.05) is 35.2 Å². The highest BCUT2D eigenvalue weighted by atomic mass is 32.1. The molecular formula is C18H22N2O3S. The molecule has 1 atom stereocenters. The van der Waals surface area contributed by atoms with Gasteiger partial charge in [-0.1, -0.05) is 18.2 Å². The van der Waals surface area contributed by atoms with Crippen LogP contribution in [0.1, 0.15) is 23.8 Å². The fraction of sp³-hybridized carbons (Fsp3) is 0.389. The Morgan fingerprint density at radius 3 is 2.88 bits per heavy atom. The second-order valence-electron chi connectivity index (χ2n) is 5.60. The molecule has 0 radical (unpaired) electrons. The summed E-state index contributed by atoms with van der Waals surface area (Å²) < 4.78 is 10.9. The van der Waals surface area contributed by atoms with Gasteiger partial charge in [-0.05, 0) is 36.4 Å². The lowest BCUT2D eigenvalue weighted by atomic mass is 10.2. The molecule has 2 heterocycles. The minimum atomic E-state index is -0.0190. The van der Waals surface area contributed by atoms with Crippen LogP contribution in [-0.2, 0) is 0 Å². The Balaban J connectivity index is 1.47. The molecular weight excluding hydrogens is 324 g/mol. The molecule has 1 aromatic heterocycles. The Kier molecular flexibility index (Phi) is 5.59. The number of para-hydroxylation sites is 2. The number of carbonyl (C=O) groups is 1. The zero-order valence-corrected chi connectivity index (χ0v) is 14.6. The molecule has 2 aromatic rings. The first-order chi connectivity index (χ1) is 11.8. The van der Waals surface area contributed by atoms with Crippen molar-refractivity contribution in [3.8, 4) is 11.5 Å². The molecule has 0 saturated carbocycles. The maximum absolute atomic E-state index is 12.4. The molecule has 0 unspecified atom stereocenters. The molecule has 0 aliphatic carbocycles. The quantitative estimate of drug-likeness (QED) is 0.812. The summed E-state index contributed by atoms with van der Waals surface area (Å²) in [5.41, 5.74) is 0. The van der Waals surface area contributed by atoms with Crippen molar-refractivity contribution in [3.05, 3.63) is 46.7 Å². The van der Waals surface area contributed by atoms with Crippen LogP contribution in [-0.4, -0.2) is 37.7 Å². The highest BCUT2D eigenvalue weighted by Gasteiger charge is 2.30. The summed E-state index contributed by atoms with van der Waals surface area (Å²) >= 11 is 1.71. The minimum Gasteiger partial charge on any atom is -0.493 e. The number of rotatable bonds is 6. The van der Waals surface area contributed by atoms with E-state index in [4.69, 9.17) is 9.47 Å². The molecule has 1 aromatic carbocycles. The minimum absolute atomic E-state index is 0.0190. The molecule has 128 valence electrons. The second-order valence-corrected chi connectivity index (χ2v) is 6.58. The lowest BCUT2D eigenvalue weighted by Crippen LogP contribution is -2.40. The third-order valence-electron chi connectivity index (χ3n) is 4.09. The van der Waals surface area contributed by atoms with E-state index in [9.17, 15) is 4.79 Å². The van der Waals surface area contributed by atoms with E-state index in [1.165, 1.54) is 4.88 Å². The molecule has 1 N–H and O–H groups in total. The van der Waals surface area contributed by atoms with Gasteiger partial charge in [0.25, 0.3) is 0 Å². The van der Waals surface area contributed by atoms with E-state index in [-0.39, 0.29) is 12.1 Å². The number of urea groups is 1. The van der Waals surface area contributed by atoms with E-state index in [0.29, 0.717) is 24.7 Å². The zero-order chi connectivity index (χ0) is 16.8. The number of thiophene rings is 1. The van der Waals surface area contributed by atoms with E-state index in [1.54, 1.807) is 18.4 Å². The van der Waals surface area contributed by atoms with Crippen molar-refractivity contribution in [2.75, 3.05) is 26.8 Å². The van der Waals surface area contributed by atoms with Gasteiger partial charge in [-0.3, -0.25) is 0 Å². The standard InChI is InChI=1S/C18H22N2O3S/c1-22-15-7-2-3-8-16(15)23-12-10-19-18(21)20-11-4-6-14(20)17-9-5-13-24-17/h2-3,5,7-9,13-14H,4,6,10-12H2,1H3,(H,19,21)/t14-/m1/s1. The van der Waals surface area contributed by atoms with Crippen molar-refractivity contribution < 1.29 is 14.3 Å². The highest BCUT2D eigenvalue weighted by molar-refractivity contribution is 7.10. The number of carbonyl (C=O) groups excluding carboxylic acids is 1. The van der Waals surface area contributed by atoms with E-state index in [2.05, 4.69) is 16.8 Å². The first-order valence-electron chi connectivity index (χ1n) is 8.13. The van der Waals surface area contributed by atoms with Gasteiger partial charge in [-0.15, -0.1) is 11.3 Å². The van der Waals surface area contributed by atoms with Gasteiger partial charge in [0.2, 0.25) is 0 Å². The lowest BCUT2D eigenvalue weighted by Gasteiger charge is -2.24. The largest absolute Gasteiger partial charge is 0.493 e. The van der Waals surface area contributed by atoms with E-state index >= 15 is 0 Å². The van der Waals surface area contributed by atoms with Crippen molar-refractivity contribution in [2.45, 2.75) is 18.9 Å². The van der Waals surface area contributed by atoms with Crippen molar-refractivity contribution >= 4 is 17.4 Å². The number of benzene rings is 1. The average molecular weight is 346 g/mol. The Hall–Kier alpha value is -2.21. The number of hydrogen-bond acceptors (Lipinski definition) is 4. The molecule has 1 saturated heterocycles. The summed E-state index contributed by atoms with van der Waals surface area (Å²) in [7, 11) is 1.61. The molecule has 6 heteroatoms. The molecule has 0 bridgehead atoms. The van der Waals surface area contributed by atoms with Gasteiger partial charge < -0.3 is 19.7 Å². The molecule has 2 amide bonds. The highest BCUT2D eigenvalue weighted by Crippen LogP contribution is 2.34. The summed E-state index contributed by atoms with van der Waals surface area (Å²) in [5, 5.41) is 5.01. The van der Waals surface area contributed by atoms with E-state index < -0.39 is 0 Å². The van der Waals surface area contributed by atoms with Crippen LogP contribution in [0, 0.1) is 0 Å². The van der Waals surface area contributed by atoms with Gasteiger partial charge in [0.05, 0.1) is 19.7 Å². The topological polar surface area (TPSA) is 50.8 Å². The summed E-state index contributed by atoms with van der Waals surface area (Å²) in [4.78, 5) is 15.6. The van der Waals surface area contributed by atoms with Crippen LogP contribution < -0.4 is 14.8 Å². The van der Waals surface area contributed by atoms with Crippen LogP contribution in [0.15, 0.2) is 41.8 Å². The van der Waals surface area contributed by atoms with Gasteiger partial charge in [0.1, 0.15) is 6.61 Å². The number of hydrogen-bond donors (Lipinski definition) is 1. The number of likely N-dealkylation sites (tertiary alicyclic amines) is 1. The smallest absolute Gasteiger partial charge is 0.318 e. The summed E-state index contributed by atoms with van der Waals surface area (Å²) in [6, 6.07) is 11.8. The summed E-state index contributed by atoms with van der Waals surface area (Å²) in [5.74, 6) is 1.38. The maximum Gasteiger partial charge on any atom is 0.318 e. The fourth-order valence-electron chi connectivity index (χ4n) is 2.95. The number of nitrogens with one attached hydrogen (secondary N) is 1. The van der Waals surface area contributed by atoms with Crippen molar-refractivity contribution in [3.63, 3.8) is 0 Å². The Morgan fingerprint density at radius 2 is 2.12 bits per heavy atom. The molecule has 0 spiro atoms. The van der Waals surface area contributed by atoms with Crippen molar-refractivity contribution in [2.24, 2.45) is 0 Å². The third-order valence-corrected chi connectivity index (χ3v) is 5.06. The Morgan fingerprint density at radius 1 is 1.29 bits per heavy atom. The predicted molar refractivity (Wildman–Crippen MR) is 94.9 cm³/mol. The molecule has 24 heavy (non-hydrogen) atoms. The Bertz CT molecular complexity index is 660. The van der Waals surface area contributed by atoms with Gasteiger partial charge >= 0.3 is 6.03 Å². The molecule has 1 aliphatic heterocycles. The number of amides is 2. The average Bonchev–Trinajstić information content (AvgIpc) is 3.29. The van der Waals surface area contributed by atoms with Crippen molar-refractivity contribution in [1.29, 1.82) is 0 Å². The number of nitrogens with zero attached hydrogens (tertiary/aromatic N) is 1. The molecule has 1 fully saturated rings. The molecule has 5 nitrogen and oxygen atoms in total. The second kappa shape index (κ2) is 8.06. The maximum atomic E-state index is 12.4. The lowest BCUT2D eigenvalue weighted by molar-refractivity contribution is 0.190. The van der Waals surface area contributed by atoms with E-state index in [0.717, 1.165) is 19.4 Å². The van der Waals surface area contributed by atoms with Gasteiger partial charge in [-0.2, -0.15) is 0 Å². The third kappa shape index (κ3) is 3.82. The van der Waals surface area contributed by atoms with Crippen LogP contribution in [0.5, 0.6) is 11.5 Å². The number of ether oxygens (including phenoxy) is 2. The predicted octanol–water partition coefficient (Wildman–Crippen LogP) is 3.68. The van der Waals surface area contributed by atoms with Crippen LogP contribution in [0.2, 0.25) is 0 Å². The van der Waals surface area contributed by atoms with Crippen LogP contribution >= 0.6 is 11.3 Å². The van der Waals surface area contributed by atoms with Crippen LogP contribution in [0.4, 0.5) is 4.79 Å². The van der Waals surface area contributed by atoms with Gasteiger partial charge in [0, 0.05) is 11.4 Å². The first-order valence-corrected chi connectivity index (χ1v) is 9.01. The zero-order valence-electron chi connectivity index (χ0n) is 13.7. The Labute approximate surface area is 146 Å². The molecule has 3 rings (SSSR count). The first kappa shape index (κ1) is 16.6. The van der Waals surface area contributed by atoms with Crippen LogP contribution in [0.25, 0.3) is 0 Å². The van der Waals surface area contributed by atoms with Crippen molar-refractivity contribution in [1.82, 2.24) is 10.2 Å². The van der Waals surface area contributed by atoms with Gasteiger partial charge in [0.15, 0.2) is 11.5 Å². The summed E-state index contributed by atoms with van der Waals surface area (Å²) in [6.07, 6.45) is 2.08. The van der Waals surface area contributed by atoms with Gasteiger partial charge in [-0.25, -0.2) is 4.79 Å². The fourth-order valence-corrected chi connectivity index (χ4v) is 3.82. The SMILES string of the molecule is COc1ccccc1OCCNC(=O)N1CCC[C@@H]1c1cccs1.